The molecule has 0 bridgehead atoms. The van der Waals surface area contributed by atoms with Gasteiger partial charge in [-0.05, 0) is 41.8 Å². The van der Waals surface area contributed by atoms with Gasteiger partial charge in [0.2, 0.25) is 10.0 Å². The number of hydrazone groups is 1. The molecule has 0 atom stereocenters. The van der Waals surface area contributed by atoms with E-state index in [1.807, 2.05) is 24.3 Å². The van der Waals surface area contributed by atoms with E-state index in [1.165, 1.54) is 9.87 Å². The van der Waals surface area contributed by atoms with Crippen molar-refractivity contribution in [1.82, 2.24) is 9.73 Å². The number of nitrogens with one attached hydrogen (secondary N) is 2. The van der Waals surface area contributed by atoms with Crippen molar-refractivity contribution in [3.05, 3.63) is 64.1 Å². The first-order valence-corrected chi connectivity index (χ1v) is 12.1. The van der Waals surface area contributed by atoms with Crippen LogP contribution in [0.25, 0.3) is 0 Å². The monoisotopic (exact) mass is 493 g/mol. The highest BCUT2D eigenvalue weighted by molar-refractivity contribution is 9.10. The van der Waals surface area contributed by atoms with Crippen molar-refractivity contribution in [2.24, 2.45) is 5.10 Å². The molecule has 2 N–H and O–H groups in total. The Kier molecular flexibility index (Phi) is 7.76. The fourth-order valence-corrected chi connectivity index (χ4v) is 4.97. The molecule has 2 aromatic carbocycles. The van der Waals surface area contributed by atoms with E-state index in [2.05, 4.69) is 33.4 Å². The predicted molar refractivity (Wildman–Crippen MR) is 120 cm³/mol. The molecule has 1 amide bonds. The average Bonchev–Trinajstić information content (AvgIpc) is 2.75. The van der Waals surface area contributed by atoms with Crippen molar-refractivity contribution >= 4 is 38.1 Å². The van der Waals surface area contributed by atoms with Gasteiger partial charge in [0.1, 0.15) is 0 Å². The molecule has 7 nitrogen and oxygen atoms in total. The summed E-state index contributed by atoms with van der Waals surface area (Å²) < 4.78 is 27.8. The van der Waals surface area contributed by atoms with E-state index in [0.29, 0.717) is 26.2 Å². The smallest absolute Gasteiger partial charge is 0.295 e. The molecule has 1 aliphatic rings. The molecule has 0 spiro atoms. The summed E-state index contributed by atoms with van der Waals surface area (Å²) >= 11 is 3.32. The average molecular weight is 494 g/mol. The molecule has 2 aromatic rings. The summed E-state index contributed by atoms with van der Waals surface area (Å²) in [6, 6.07) is 14.6. The zero-order valence-electron chi connectivity index (χ0n) is 16.8. The molecule has 0 saturated carbocycles. The highest BCUT2D eigenvalue weighted by Crippen LogP contribution is 2.18. The molecule has 160 valence electrons. The van der Waals surface area contributed by atoms with Gasteiger partial charge in [-0.25, -0.2) is 13.8 Å². The third-order valence-corrected chi connectivity index (χ3v) is 7.52. The highest BCUT2D eigenvalue weighted by atomic mass is 79.9. The summed E-state index contributed by atoms with van der Waals surface area (Å²) in [7, 11) is -3.51. The number of carbonyl (C=O) groups is 1. The molecule has 0 aromatic heterocycles. The maximum Gasteiger partial charge on any atom is 0.295 e. The van der Waals surface area contributed by atoms with Gasteiger partial charge in [-0.1, -0.05) is 47.1 Å². The van der Waals surface area contributed by atoms with Crippen LogP contribution < -0.4 is 10.3 Å². The summed E-state index contributed by atoms with van der Waals surface area (Å²) in [5.74, 6) is -0.185. The fraction of sp³-hybridized carbons (Fsp3) is 0.333. The summed E-state index contributed by atoms with van der Waals surface area (Å²) in [6.45, 7) is 4.28. The number of halogens is 1. The highest BCUT2D eigenvalue weighted by Gasteiger charge is 2.31. The quantitative estimate of drug-likeness (QED) is 0.446. The van der Waals surface area contributed by atoms with E-state index in [9.17, 15) is 13.2 Å². The van der Waals surface area contributed by atoms with Gasteiger partial charge in [0.25, 0.3) is 5.91 Å². The number of carbonyl (C=O) groups excluding carboxylic acids is 1. The van der Waals surface area contributed by atoms with Crippen LogP contribution in [-0.4, -0.2) is 57.6 Å². The zero-order valence-corrected chi connectivity index (χ0v) is 19.2. The number of benzene rings is 2. The molecule has 1 fully saturated rings. The van der Waals surface area contributed by atoms with Gasteiger partial charge >= 0.3 is 0 Å². The topological polar surface area (TPSA) is 83.3 Å². The molecule has 1 aliphatic heterocycles. The Bertz CT molecular complexity index is 984. The van der Waals surface area contributed by atoms with Crippen molar-refractivity contribution in [2.45, 2.75) is 18.2 Å². The Hall–Kier alpha value is -2.07. The minimum atomic E-state index is -3.51. The Morgan fingerprint density at radius 3 is 2.37 bits per heavy atom. The van der Waals surface area contributed by atoms with Gasteiger partial charge in [-0.2, -0.15) is 9.41 Å². The van der Waals surface area contributed by atoms with Crippen LogP contribution in [0.2, 0.25) is 0 Å². The zero-order chi connectivity index (χ0) is 21.6. The lowest BCUT2D eigenvalue weighted by atomic mass is 10.1. The number of sulfonamides is 1. The molecule has 3 rings (SSSR count). The fourth-order valence-electron chi connectivity index (χ4n) is 3.26. The second kappa shape index (κ2) is 10.3. The lowest BCUT2D eigenvalue weighted by Crippen LogP contribution is -3.15. The third-order valence-electron chi connectivity index (χ3n) is 5.08. The molecule has 1 saturated heterocycles. The molecular weight excluding hydrogens is 468 g/mol. The van der Waals surface area contributed by atoms with Gasteiger partial charge < -0.3 is 4.90 Å². The van der Waals surface area contributed by atoms with Crippen LogP contribution in [0.5, 0.6) is 0 Å². The lowest BCUT2D eigenvalue weighted by molar-refractivity contribution is -0.895. The number of piperazine rings is 1. The third kappa shape index (κ3) is 5.98. The van der Waals surface area contributed by atoms with Crippen molar-refractivity contribution < 1.29 is 18.1 Å². The summed E-state index contributed by atoms with van der Waals surface area (Å²) in [6.07, 6.45) is 2.60. The minimum absolute atomic E-state index is 0.185. The molecule has 0 unspecified atom stereocenters. The second-order valence-corrected chi connectivity index (χ2v) is 10.0. The molecular formula is C21H26BrN4O3S+. The summed E-state index contributed by atoms with van der Waals surface area (Å²) in [4.78, 5) is 13.5. The largest absolute Gasteiger partial charge is 0.325 e. The van der Waals surface area contributed by atoms with E-state index < -0.39 is 10.0 Å². The van der Waals surface area contributed by atoms with Gasteiger partial charge in [-0.15, -0.1) is 0 Å². The number of hydrogen-bond donors (Lipinski definition) is 2. The molecule has 9 heteroatoms. The van der Waals surface area contributed by atoms with Crippen molar-refractivity contribution in [2.75, 3.05) is 32.7 Å². The molecule has 0 radical (unpaired) electrons. The van der Waals surface area contributed by atoms with E-state index in [-0.39, 0.29) is 17.3 Å². The number of quaternary nitrogens is 1. The maximum atomic E-state index is 12.7. The molecule has 0 aliphatic carbocycles. The van der Waals surface area contributed by atoms with E-state index >= 15 is 0 Å². The van der Waals surface area contributed by atoms with Crippen LogP contribution in [0.3, 0.4) is 0 Å². The van der Waals surface area contributed by atoms with Gasteiger partial charge in [-0.3, -0.25) is 4.79 Å². The molecule has 30 heavy (non-hydrogen) atoms. The van der Waals surface area contributed by atoms with Crippen LogP contribution in [0, 0.1) is 0 Å². The first-order chi connectivity index (χ1) is 14.4. The predicted octanol–water partition coefficient (Wildman–Crippen LogP) is 1.05. The van der Waals surface area contributed by atoms with Gasteiger partial charge in [0, 0.05) is 4.47 Å². The minimum Gasteiger partial charge on any atom is -0.325 e. The number of rotatable bonds is 7. The lowest BCUT2D eigenvalue weighted by Gasteiger charge is -2.31. The van der Waals surface area contributed by atoms with Crippen LogP contribution >= 0.6 is 15.9 Å². The van der Waals surface area contributed by atoms with Crippen LogP contribution in [0.1, 0.15) is 18.1 Å². The summed E-state index contributed by atoms with van der Waals surface area (Å²) in [5, 5.41) is 4.02. The first kappa shape index (κ1) is 22.6. The second-order valence-electron chi connectivity index (χ2n) is 7.17. The Morgan fingerprint density at radius 1 is 1.13 bits per heavy atom. The number of aryl methyl sites for hydroxylation is 1. The van der Waals surface area contributed by atoms with Gasteiger partial charge in [0.15, 0.2) is 6.54 Å². The van der Waals surface area contributed by atoms with Gasteiger partial charge in [0.05, 0.1) is 37.3 Å². The van der Waals surface area contributed by atoms with E-state index in [4.69, 9.17) is 0 Å². The number of nitrogens with zero attached hydrogens (tertiary/aromatic N) is 2. The van der Waals surface area contributed by atoms with Crippen LogP contribution in [0.4, 0.5) is 0 Å². The van der Waals surface area contributed by atoms with Crippen LogP contribution in [-0.2, 0) is 21.2 Å². The van der Waals surface area contributed by atoms with Crippen molar-refractivity contribution in [3.8, 4) is 0 Å². The number of hydrogen-bond acceptors (Lipinski definition) is 4. The van der Waals surface area contributed by atoms with E-state index in [1.54, 1.807) is 30.5 Å². The van der Waals surface area contributed by atoms with Crippen molar-refractivity contribution in [3.63, 3.8) is 0 Å². The maximum absolute atomic E-state index is 12.7. The normalized spacial score (nSPS) is 16.1. The number of amides is 1. The van der Waals surface area contributed by atoms with Crippen LogP contribution in [0.15, 0.2) is 63.0 Å². The van der Waals surface area contributed by atoms with E-state index in [0.717, 1.165) is 21.4 Å². The first-order valence-electron chi connectivity index (χ1n) is 9.88. The SMILES string of the molecule is CCc1ccc(/C=N/NC(=O)C[NH+]2CCN(S(=O)(=O)c3ccc(Br)cc3)CC2)cc1. The molecule has 1 heterocycles. The standard InChI is InChI=1S/C21H25BrN4O3S/c1-2-17-3-5-18(6-4-17)15-23-24-21(27)16-25-11-13-26(14-12-25)30(28,29)20-9-7-19(22)8-10-20/h3-10,15H,2,11-14,16H2,1H3,(H,24,27)/p+1/b23-15+. The van der Waals surface area contributed by atoms with Crippen molar-refractivity contribution in [1.29, 1.82) is 0 Å². The summed E-state index contributed by atoms with van der Waals surface area (Å²) in [5.41, 5.74) is 4.73. The Balaban J connectivity index is 1.46. The Labute approximate surface area is 185 Å². The Morgan fingerprint density at radius 2 is 1.77 bits per heavy atom.